The van der Waals surface area contributed by atoms with Crippen molar-refractivity contribution in [2.75, 3.05) is 11.4 Å². The third-order valence-corrected chi connectivity index (χ3v) is 7.32. The summed E-state index contributed by atoms with van der Waals surface area (Å²) >= 11 is 0. The molecule has 0 saturated carbocycles. The number of para-hydroxylation sites is 3. The maximum atomic E-state index is 3.71. The van der Waals surface area contributed by atoms with Crippen LogP contribution in [0.1, 0.15) is 22.3 Å². The number of benzene rings is 4. The molecule has 1 N–H and O–H groups in total. The minimum Gasteiger partial charge on any atom is -0.381 e. The molecule has 0 bridgehead atoms. The minimum absolute atomic E-state index is 0.348. The molecule has 7 rings (SSSR count). The number of fused-ring (bicyclic) bond motifs is 8. The van der Waals surface area contributed by atoms with E-state index in [0.717, 1.165) is 6.54 Å². The van der Waals surface area contributed by atoms with Gasteiger partial charge in [-0.2, -0.15) is 0 Å². The van der Waals surface area contributed by atoms with Gasteiger partial charge in [-0.15, -0.1) is 0 Å². The Bertz CT molecular complexity index is 1430. The van der Waals surface area contributed by atoms with Gasteiger partial charge in [-0.1, -0.05) is 90.4 Å². The maximum Gasteiger partial charge on any atom is 0.139 e. The molecule has 1 aliphatic carbocycles. The van der Waals surface area contributed by atoms with Crippen LogP contribution >= 0.6 is 0 Å². The zero-order valence-electron chi connectivity index (χ0n) is 18.5. The molecule has 0 saturated heterocycles. The summed E-state index contributed by atoms with van der Waals surface area (Å²) in [4.78, 5) is 2.42. The average molecular weight is 422 g/mol. The summed E-state index contributed by atoms with van der Waals surface area (Å²) in [6, 6.07) is 35.5. The molecule has 2 nitrogen and oxygen atoms in total. The van der Waals surface area contributed by atoms with Crippen LogP contribution < -0.4 is 15.7 Å². The number of nitrogens with zero attached hydrogens (tertiary/aromatic N) is 1. The highest BCUT2D eigenvalue weighted by Gasteiger charge is 2.52. The summed E-state index contributed by atoms with van der Waals surface area (Å²) in [6.07, 6.45) is 4.61. The molecule has 0 aromatic heterocycles. The standard InChI is InChI=1S/C30H23BN2/c31-20-16-17-22-26(19-20)30(25-13-8-18-32-29(22)25)23-11-4-6-14-27(23)33(21-9-2-1-3-10-21)28-15-7-5-12-24(28)30/h1-17,19,32H,18,31H2. The van der Waals surface area contributed by atoms with Gasteiger partial charge >= 0.3 is 0 Å². The van der Waals surface area contributed by atoms with Gasteiger partial charge < -0.3 is 10.2 Å². The lowest BCUT2D eigenvalue weighted by Crippen LogP contribution is -2.37. The monoisotopic (exact) mass is 422 g/mol. The Hall–Kier alpha value is -3.98. The van der Waals surface area contributed by atoms with Gasteiger partial charge in [0.25, 0.3) is 0 Å². The lowest BCUT2D eigenvalue weighted by atomic mass is 9.63. The highest BCUT2D eigenvalue weighted by atomic mass is 15.2. The van der Waals surface area contributed by atoms with Gasteiger partial charge in [-0.25, -0.2) is 0 Å². The van der Waals surface area contributed by atoms with Gasteiger partial charge in [0.2, 0.25) is 0 Å². The number of hydrogen-bond acceptors (Lipinski definition) is 2. The van der Waals surface area contributed by atoms with Crippen LogP contribution in [-0.2, 0) is 5.41 Å². The third kappa shape index (κ3) is 2.34. The van der Waals surface area contributed by atoms with Crippen LogP contribution in [0.3, 0.4) is 0 Å². The van der Waals surface area contributed by atoms with Crippen molar-refractivity contribution in [3.05, 3.63) is 137 Å². The van der Waals surface area contributed by atoms with E-state index in [1.807, 2.05) is 0 Å². The van der Waals surface area contributed by atoms with Crippen molar-refractivity contribution < 1.29 is 0 Å². The second-order valence-corrected chi connectivity index (χ2v) is 9.08. The second kappa shape index (κ2) is 6.76. The van der Waals surface area contributed by atoms with E-state index in [9.17, 15) is 0 Å². The maximum absolute atomic E-state index is 3.71. The lowest BCUT2D eigenvalue weighted by molar-refractivity contribution is 0.741. The molecule has 0 atom stereocenters. The summed E-state index contributed by atoms with van der Waals surface area (Å²) in [6.45, 7) is 0.863. The highest BCUT2D eigenvalue weighted by molar-refractivity contribution is 6.32. The van der Waals surface area contributed by atoms with Crippen molar-refractivity contribution >= 4 is 36.1 Å². The molecule has 3 aliphatic rings. The van der Waals surface area contributed by atoms with Crippen LogP contribution in [0.15, 0.2) is 115 Å². The van der Waals surface area contributed by atoms with Crippen molar-refractivity contribution in [3.63, 3.8) is 0 Å². The van der Waals surface area contributed by atoms with Crippen LogP contribution in [0.25, 0.3) is 5.70 Å². The van der Waals surface area contributed by atoms with Crippen molar-refractivity contribution in [2.45, 2.75) is 5.41 Å². The summed E-state index contributed by atoms with van der Waals surface area (Å²) in [5, 5.41) is 3.71. The first-order chi connectivity index (χ1) is 16.3. The predicted octanol–water partition coefficient (Wildman–Crippen LogP) is 4.95. The normalized spacial score (nSPS) is 16.7. The molecule has 0 unspecified atom stereocenters. The molecule has 2 aliphatic heterocycles. The zero-order valence-corrected chi connectivity index (χ0v) is 18.5. The van der Waals surface area contributed by atoms with Crippen LogP contribution in [-0.4, -0.2) is 14.4 Å². The topological polar surface area (TPSA) is 15.3 Å². The molecule has 1 spiro atoms. The number of dihydropyridines is 1. The van der Waals surface area contributed by atoms with Crippen LogP contribution in [0, 0.1) is 0 Å². The van der Waals surface area contributed by atoms with Gasteiger partial charge in [-0.3, -0.25) is 0 Å². The fourth-order valence-electron chi connectivity index (χ4n) is 6.08. The Kier molecular flexibility index (Phi) is 3.81. The Labute approximate surface area is 195 Å². The summed E-state index contributed by atoms with van der Waals surface area (Å²) in [7, 11) is 2.20. The van der Waals surface area contributed by atoms with Gasteiger partial charge in [-0.05, 0) is 46.5 Å². The van der Waals surface area contributed by atoms with E-state index < -0.39 is 0 Å². The Morgan fingerprint density at radius 1 is 0.727 bits per heavy atom. The summed E-state index contributed by atoms with van der Waals surface area (Å²) in [5.41, 5.74) is 12.6. The summed E-state index contributed by atoms with van der Waals surface area (Å²) < 4.78 is 0. The van der Waals surface area contributed by atoms with Crippen molar-refractivity contribution in [1.29, 1.82) is 0 Å². The number of hydrogen-bond donors (Lipinski definition) is 1. The third-order valence-electron chi connectivity index (χ3n) is 7.32. The second-order valence-electron chi connectivity index (χ2n) is 9.08. The van der Waals surface area contributed by atoms with E-state index in [1.54, 1.807) is 0 Å². The highest BCUT2D eigenvalue weighted by Crippen LogP contribution is 2.62. The first-order valence-electron chi connectivity index (χ1n) is 11.6. The van der Waals surface area contributed by atoms with Crippen molar-refractivity contribution in [1.82, 2.24) is 5.32 Å². The van der Waals surface area contributed by atoms with Crippen molar-refractivity contribution in [3.8, 4) is 0 Å². The predicted molar refractivity (Wildman–Crippen MR) is 140 cm³/mol. The van der Waals surface area contributed by atoms with Crippen molar-refractivity contribution in [2.24, 2.45) is 0 Å². The van der Waals surface area contributed by atoms with Crippen LogP contribution in [0.5, 0.6) is 0 Å². The first kappa shape index (κ1) is 18.6. The van der Waals surface area contributed by atoms with E-state index >= 15 is 0 Å². The molecule has 0 radical (unpaired) electrons. The zero-order chi connectivity index (χ0) is 22.0. The molecule has 4 aromatic rings. The molecular formula is C30H23BN2. The molecule has 33 heavy (non-hydrogen) atoms. The smallest absolute Gasteiger partial charge is 0.139 e. The van der Waals surface area contributed by atoms with Gasteiger partial charge in [0.15, 0.2) is 0 Å². The number of nitrogens with one attached hydrogen (secondary N) is 1. The van der Waals surface area contributed by atoms with Gasteiger partial charge in [0.1, 0.15) is 7.85 Å². The van der Waals surface area contributed by atoms with E-state index in [0.29, 0.717) is 0 Å². The SMILES string of the molecule is Bc1ccc2c(c1)C1(C3=C2NCC=C3)c2ccccc2N(c2ccccc2)c2ccccc21. The Morgan fingerprint density at radius 3 is 2.12 bits per heavy atom. The van der Waals surface area contributed by atoms with Gasteiger partial charge in [0.05, 0.1) is 16.8 Å². The number of allylic oxidation sites excluding steroid dienone is 2. The van der Waals surface area contributed by atoms with E-state index in [-0.39, 0.29) is 5.41 Å². The van der Waals surface area contributed by atoms with Crippen LogP contribution in [0.2, 0.25) is 0 Å². The van der Waals surface area contributed by atoms with E-state index in [1.165, 1.54) is 56.0 Å². The molecule has 3 heteroatoms. The van der Waals surface area contributed by atoms with Crippen LogP contribution in [0.4, 0.5) is 17.1 Å². The molecule has 4 aromatic carbocycles. The largest absolute Gasteiger partial charge is 0.381 e. The Balaban J connectivity index is 1.65. The fraction of sp³-hybridized carbons (Fsp3) is 0.0667. The molecule has 156 valence electrons. The molecule has 0 amide bonds. The first-order valence-corrected chi connectivity index (χ1v) is 11.6. The molecule has 0 fully saturated rings. The van der Waals surface area contributed by atoms with E-state index in [2.05, 4.69) is 127 Å². The molecule has 2 heterocycles. The minimum atomic E-state index is -0.348. The number of rotatable bonds is 1. The number of anilines is 3. The van der Waals surface area contributed by atoms with E-state index in [4.69, 9.17) is 0 Å². The van der Waals surface area contributed by atoms with Gasteiger partial charge in [0, 0.05) is 23.5 Å². The summed E-state index contributed by atoms with van der Waals surface area (Å²) in [5.74, 6) is 0. The quantitative estimate of drug-likeness (QED) is 0.437. The fourth-order valence-corrected chi connectivity index (χ4v) is 6.08. The Morgan fingerprint density at radius 2 is 1.39 bits per heavy atom. The average Bonchev–Trinajstić information content (AvgIpc) is 3.15. The molecular weight excluding hydrogens is 399 g/mol. The lowest BCUT2D eigenvalue weighted by Gasteiger charge is -2.45.